The Morgan fingerprint density at radius 1 is 1.09 bits per heavy atom. The highest BCUT2D eigenvalue weighted by Crippen LogP contribution is 2.28. The fraction of sp³-hybridized carbons (Fsp3) is 0.250. The van der Waals surface area contributed by atoms with Gasteiger partial charge in [-0.25, -0.2) is 4.98 Å². The van der Waals surface area contributed by atoms with E-state index in [0.717, 1.165) is 16.1 Å². The lowest BCUT2D eigenvalue weighted by Gasteiger charge is -2.35. The molecular weight excluding hydrogens is 474 g/mol. The minimum Gasteiger partial charge on any atom is -0.482 e. The molecule has 2 aromatic heterocycles. The Hall–Kier alpha value is -3.43. The van der Waals surface area contributed by atoms with E-state index in [2.05, 4.69) is 5.10 Å². The van der Waals surface area contributed by atoms with Gasteiger partial charge >= 0.3 is 0 Å². The number of benzene rings is 2. The van der Waals surface area contributed by atoms with Crippen LogP contribution in [0.4, 0.5) is 5.82 Å². The molecule has 0 saturated carbocycles. The number of nitrogens with zero attached hydrogens (tertiary/aromatic N) is 5. The largest absolute Gasteiger partial charge is 0.482 e. The zero-order chi connectivity index (χ0) is 23.7. The topological polar surface area (TPSA) is 80.0 Å². The Kier molecular flexibility index (Phi) is 6.21. The molecule has 5 rings (SSSR count). The maximum absolute atomic E-state index is 12.7. The fourth-order valence-corrected chi connectivity index (χ4v) is 5.04. The van der Waals surface area contributed by atoms with Gasteiger partial charge in [0.15, 0.2) is 6.61 Å². The minimum absolute atomic E-state index is 0.0716. The Bertz CT molecular complexity index is 1410. The van der Waals surface area contributed by atoms with Crippen LogP contribution in [-0.4, -0.2) is 58.2 Å². The minimum atomic E-state index is -0.220. The summed E-state index contributed by atoms with van der Waals surface area (Å²) in [5.74, 6) is 0.988. The van der Waals surface area contributed by atoms with E-state index >= 15 is 0 Å². The number of rotatable bonds is 5. The quantitative estimate of drug-likeness (QED) is 0.421. The zero-order valence-corrected chi connectivity index (χ0v) is 20.1. The van der Waals surface area contributed by atoms with Gasteiger partial charge in [0.25, 0.3) is 11.5 Å². The van der Waals surface area contributed by atoms with Crippen molar-refractivity contribution in [1.29, 1.82) is 0 Å². The van der Waals surface area contributed by atoms with Crippen molar-refractivity contribution >= 4 is 39.6 Å². The molecule has 174 valence electrons. The van der Waals surface area contributed by atoms with Crippen LogP contribution in [0.1, 0.15) is 5.56 Å². The van der Waals surface area contributed by atoms with Gasteiger partial charge in [-0.2, -0.15) is 9.61 Å². The van der Waals surface area contributed by atoms with E-state index in [1.807, 2.05) is 48.2 Å². The van der Waals surface area contributed by atoms with Gasteiger partial charge in [0.1, 0.15) is 16.6 Å². The molecule has 8 nitrogen and oxygen atoms in total. The molecule has 1 aliphatic rings. The number of piperazine rings is 1. The average molecular weight is 496 g/mol. The molecule has 0 radical (unpaired) electrons. The third kappa shape index (κ3) is 4.49. The lowest BCUT2D eigenvalue weighted by molar-refractivity contribution is -0.133. The van der Waals surface area contributed by atoms with Gasteiger partial charge in [-0.05, 0) is 24.6 Å². The predicted molar refractivity (Wildman–Crippen MR) is 133 cm³/mol. The molecule has 0 N–H and O–H groups in total. The van der Waals surface area contributed by atoms with Crippen LogP contribution in [0.25, 0.3) is 15.5 Å². The molecule has 0 unspecified atom stereocenters. The van der Waals surface area contributed by atoms with Crippen molar-refractivity contribution in [3.8, 4) is 16.3 Å². The van der Waals surface area contributed by atoms with Crippen molar-refractivity contribution in [2.24, 2.45) is 0 Å². The molecule has 2 aromatic carbocycles. The first-order chi connectivity index (χ1) is 16.5. The Balaban J connectivity index is 1.26. The van der Waals surface area contributed by atoms with Gasteiger partial charge in [-0.3, -0.25) is 9.59 Å². The number of carbonyl (C=O) groups excluding carboxylic acids is 1. The van der Waals surface area contributed by atoms with Crippen LogP contribution in [0.5, 0.6) is 5.75 Å². The van der Waals surface area contributed by atoms with Gasteiger partial charge < -0.3 is 14.5 Å². The number of aryl methyl sites for hydroxylation is 1. The summed E-state index contributed by atoms with van der Waals surface area (Å²) in [5.41, 5.74) is 1.86. The van der Waals surface area contributed by atoms with Crippen LogP contribution in [0.2, 0.25) is 5.02 Å². The first kappa shape index (κ1) is 22.4. The molecule has 1 saturated heterocycles. The molecule has 0 aliphatic carbocycles. The number of ether oxygens (including phenoxy) is 1. The van der Waals surface area contributed by atoms with E-state index in [4.69, 9.17) is 21.3 Å². The van der Waals surface area contributed by atoms with Gasteiger partial charge in [0.2, 0.25) is 4.96 Å². The number of aromatic nitrogens is 3. The molecule has 4 aromatic rings. The van der Waals surface area contributed by atoms with Gasteiger partial charge in [-0.1, -0.05) is 59.3 Å². The number of amides is 1. The van der Waals surface area contributed by atoms with Crippen molar-refractivity contribution < 1.29 is 9.53 Å². The van der Waals surface area contributed by atoms with E-state index in [-0.39, 0.29) is 18.1 Å². The van der Waals surface area contributed by atoms with Crippen molar-refractivity contribution in [2.45, 2.75) is 6.92 Å². The van der Waals surface area contributed by atoms with Crippen molar-refractivity contribution in [2.75, 3.05) is 37.7 Å². The maximum atomic E-state index is 12.7. The van der Waals surface area contributed by atoms with Gasteiger partial charge in [0.05, 0.1) is 5.02 Å². The predicted octanol–water partition coefficient (Wildman–Crippen LogP) is 3.51. The number of para-hydroxylation sites is 1. The van der Waals surface area contributed by atoms with Crippen LogP contribution in [0.15, 0.2) is 59.4 Å². The van der Waals surface area contributed by atoms with Crippen molar-refractivity contribution in [1.82, 2.24) is 19.5 Å². The summed E-state index contributed by atoms with van der Waals surface area (Å²) in [6, 6.07) is 16.5. The van der Waals surface area contributed by atoms with E-state index in [1.165, 1.54) is 21.9 Å². The van der Waals surface area contributed by atoms with E-state index in [9.17, 15) is 9.59 Å². The molecule has 1 amide bonds. The highest BCUT2D eigenvalue weighted by molar-refractivity contribution is 7.19. The number of carbonyl (C=O) groups is 1. The van der Waals surface area contributed by atoms with E-state index < -0.39 is 0 Å². The van der Waals surface area contributed by atoms with Gasteiger partial charge in [-0.15, -0.1) is 0 Å². The maximum Gasteiger partial charge on any atom is 0.277 e. The number of anilines is 1. The molecule has 0 atom stereocenters. The third-order valence-corrected chi connectivity index (χ3v) is 7.01. The van der Waals surface area contributed by atoms with Crippen LogP contribution < -0.4 is 15.2 Å². The van der Waals surface area contributed by atoms with E-state index in [0.29, 0.717) is 47.7 Å². The SMILES string of the molecule is Cc1ccccc1-c1nn2c(=O)cc(N3CCN(C(=O)COc4ccccc4Cl)CC3)nc2s1. The number of fused-ring (bicyclic) bond motifs is 1. The first-order valence-corrected chi connectivity index (χ1v) is 12.1. The number of hydrogen-bond acceptors (Lipinski definition) is 7. The second-order valence-electron chi connectivity index (χ2n) is 7.96. The molecule has 0 spiro atoms. The molecule has 1 fully saturated rings. The second-order valence-corrected chi connectivity index (χ2v) is 9.32. The third-order valence-electron chi connectivity index (χ3n) is 5.75. The van der Waals surface area contributed by atoms with Crippen molar-refractivity contribution in [3.63, 3.8) is 0 Å². The highest BCUT2D eigenvalue weighted by Gasteiger charge is 2.23. The summed E-state index contributed by atoms with van der Waals surface area (Å²) in [7, 11) is 0. The van der Waals surface area contributed by atoms with Crippen LogP contribution in [0, 0.1) is 6.92 Å². The number of halogens is 1. The molecular formula is C24H22ClN5O3S. The van der Waals surface area contributed by atoms with Crippen LogP contribution in [-0.2, 0) is 4.79 Å². The standard InChI is InChI=1S/C24H22ClN5O3S/c1-16-6-2-3-7-17(16)23-27-30-21(31)14-20(26-24(30)34-23)28-10-12-29(13-11-28)22(32)15-33-19-9-5-4-8-18(19)25/h2-9,14H,10-13,15H2,1H3. The summed E-state index contributed by atoms with van der Waals surface area (Å²) in [4.78, 5) is 34.3. The van der Waals surface area contributed by atoms with E-state index in [1.54, 1.807) is 17.0 Å². The lowest BCUT2D eigenvalue weighted by atomic mass is 10.1. The molecule has 1 aliphatic heterocycles. The molecule has 10 heteroatoms. The zero-order valence-electron chi connectivity index (χ0n) is 18.5. The second kappa shape index (κ2) is 9.44. The summed E-state index contributed by atoms with van der Waals surface area (Å²) in [6.07, 6.45) is 0. The van der Waals surface area contributed by atoms with Crippen molar-refractivity contribution in [3.05, 3.63) is 75.5 Å². The average Bonchev–Trinajstić information content (AvgIpc) is 3.28. The molecule has 34 heavy (non-hydrogen) atoms. The Morgan fingerprint density at radius 2 is 1.82 bits per heavy atom. The summed E-state index contributed by atoms with van der Waals surface area (Å²) >= 11 is 7.47. The monoisotopic (exact) mass is 495 g/mol. The summed E-state index contributed by atoms with van der Waals surface area (Å²) in [5, 5.41) is 5.71. The smallest absolute Gasteiger partial charge is 0.277 e. The van der Waals surface area contributed by atoms with Crippen LogP contribution >= 0.6 is 22.9 Å². The summed E-state index contributed by atoms with van der Waals surface area (Å²) < 4.78 is 6.92. The fourth-order valence-electron chi connectivity index (χ4n) is 3.86. The lowest BCUT2D eigenvalue weighted by Crippen LogP contribution is -2.50. The first-order valence-electron chi connectivity index (χ1n) is 10.9. The molecule has 0 bridgehead atoms. The normalized spacial score (nSPS) is 13.9. The molecule has 3 heterocycles. The Labute approximate surface area is 205 Å². The van der Waals surface area contributed by atoms with Crippen LogP contribution in [0.3, 0.4) is 0 Å². The Morgan fingerprint density at radius 3 is 2.59 bits per heavy atom. The van der Waals surface area contributed by atoms with Gasteiger partial charge in [0, 0.05) is 37.8 Å². The highest BCUT2D eigenvalue weighted by atomic mass is 35.5. The summed E-state index contributed by atoms with van der Waals surface area (Å²) in [6.45, 7) is 4.13. The number of hydrogen-bond donors (Lipinski definition) is 0.